The van der Waals surface area contributed by atoms with Gasteiger partial charge < -0.3 is 11.1 Å². The Bertz CT molecular complexity index is 435. The minimum Gasteiger partial charge on any atom is -0.366 e. The first-order valence-corrected chi connectivity index (χ1v) is 4.17. The summed E-state index contributed by atoms with van der Waals surface area (Å²) in [5, 5.41) is 2.97. The maximum Gasteiger partial charge on any atom is 0.251 e. The van der Waals surface area contributed by atoms with Crippen molar-refractivity contribution in [2.24, 2.45) is 10.7 Å². The quantitative estimate of drug-likeness (QED) is 0.693. The number of aliphatic imine (C=N–C) groups is 1. The van der Waals surface area contributed by atoms with Gasteiger partial charge in [0, 0.05) is 12.4 Å². The number of benzene rings is 1. The van der Waals surface area contributed by atoms with E-state index in [1.54, 1.807) is 6.20 Å². The van der Waals surface area contributed by atoms with Gasteiger partial charge in [-0.25, -0.2) is 0 Å². The van der Waals surface area contributed by atoms with Crippen molar-refractivity contribution in [3.05, 3.63) is 36.0 Å². The average Bonchev–Trinajstić information content (AvgIpc) is 2.39. The molecule has 1 aliphatic heterocycles. The molecule has 1 aromatic rings. The Morgan fingerprint density at radius 1 is 1.36 bits per heavy atom. The number of carbonyl (C=O) groups excluding carboxylic acids is 1. The van der Waals surface area contributed by atoms with Gasteiger partial charge in [0.15, 0.2) is 0 Å². The van der Waals surface area contributed by atoms with Gasteiger partial charge in [-0.05, 0) is 12.1 Å². The highest BCUT2D eigenvalue weighted by atomic mass is 16.1. The summed E-state index contributed by atoms with van der Waals surface area (Å²) < 4.78 is 0. The van der Waals surface area contributed by atoms with Crippen LogP contribution in [0.3, 0.4) is 0 Å². The second kappa shape index (κ2) is 3.33. The van der Waals surface area contributed by atoms with Crippen LogP contribution in [0.4, 0.5) is 11.4 Å². The summed E-state index contributed by atoms with van der Waals surface area (Å²) in [6, 6.07) is 7.52. The molecule has 4 nitrogen and oxygen atoms in total. The number of fused-ring (bicyclic) bond motifs is 1. The van der Waals surface area contributed by atoms with Crippen LogP contribution in [-0.2, 0) is 4.79 Å². The van der Waals surface area contributed by atoms with Gasteiger partial charge >= 0.3 is 0 Å². The summed E-state index contributed by atoms with van der Waals surface area (Å²) in [7, 11) is 0. The maximum absolute atomic E-state index is 10.9. The lowest BCUT2D eigenvalue weighted by atomic mass is 10.3. The van der Waals surface area contributed by atoms with Gasteiger partial charge in [-0.15, -0.1) is 0 Å². The predicted octanol–water partition coefficient (Wildman–Crippen LogP) is 1.18. The first-order chi connectivity index (χ1) is 6.77. The molecule has 3 N–H and O–H groups in total. The van der Waals surface area contributed by atoms with E-state index in [-0.39, 0.29) is 0 Å². The molecule has 1 aliphatic rings. The molecule has 0 aliphatic carbocycles. The van der Waals surface area contributed by atoms with Crippen molar-refractivity contribution in [2.75, 3.05) is 5.32 Å². The lowest BCUT2D eigenvalue weighted by Gasteiger charge is -2.01. The van der Waals surface area contributed by atoms with Crippen molar-refractivity contribution in [2.45, 2.75) is 0 Å². The van der Waals surface area contributed by atoms with Gasteiger partial charge in [-0.1, -0.05) is 12.1 Å². The summed E-state index contributed by atoms with van der Waals surface area (Å²) in [6.07, 6.45) is 3.01. The topological polar surface area (TPSA) is 67.5 Å². The van der Waals surface area contributed by atoms with Crippen molar-refractivity contribution >= 4 is 23.5 Å². The smallest absolute Gasteiger partial charge is 0.251 e. The monoisotopic (exact) mass is 187 g/mol. The fourth-order valence-electron chi connectivity index (χ4n) is 1.17. The number of anilines is 1. The Hall–Kier alpha value is -2.10. The fourth-order valence-corrected chi connectivity index (χ4v) is 1.17. The van der Waals surface area contributed by atoms with Gasteiger partial charge in [0.25, 0.3) is 5.91 Å². The number of hydrogen-bond donors (Lipinski definition) is 2. The van der Waals surface area contributed by atoms with Gasteiger partial charge in [-0.2, -0.15) is 0 Å². The molecular weight excluding hydrogens is 178 g/mol. The zero-order valence-electron chi connectivity index (χ0n) is 7.40. The number of para-hydroxylation sites is 2. The molecule has 14 heavy (non-hydrogen) atoms. The SMILES string of the molecule is NC(=O)C1=CNc2ccccc2N=C1. The molecule has 0 bridgehead atoms. The van der Waals surface area contributed by atoms with E-state index in [1.165, 1.54) is 6.21 Å². The van der Waals surface area contributed by atoms with E-state index in [4.69, 9.17) is 5.73 Å². The summed E-state index contributed by atoms with van der Waals surface area (Å²) in [6.45, 7) is 0. The zero-order valence-corrected chi connectivity index (χ0v) is 7.40. The van der Waals surface area contributed by atoms with E-state index >= 15 is 0 Å². The largest absolute Gasteiger partial charge is 0.366 e. The molecule has 1 amide bonds. The lowest BCUT2D eigenvalue weighted by molar-refractivity contribution is -0.114. The molecular formula is C10H9N3O. The van der Waals surface area contributed by atoms with Crippen LogP contribution in [0.25, 0.3) is 0 Å². The third kappa shape index (κ3) is 1.50. The Morgan fingerprint density at radius 3 is 2.93 bits per heavy atom. The number of amides is 1. The first kappa shape index (κ1) is 8.50. The Kier molecular flexibility index (Phi) is 2.02. The second-order valence-corrected chi connectivity index (χ2v) is 2.88. The van der Waals surface area contributed by atoms with Crippen molar-refractivity contribution in [3.63, 3.8) is 0 Å². The lowest BCUT2D eigenvalue weighted by Crippen LogP contribution is -2.15. The number of primary amides is 1. The number of nitrogens with zero attached hydrogens (tertiary/aromatic N) is 1. The minimum atomic E-state index is -0.492. The van der Waals surface area contributed by atoms with Crippen molar-refractivity contribution < 1.29 is 4.79 Å². The molecule has 0 saturated carbocycles. The van der Waals surface area contributed by atoms with Gasteiger partial charge in [0.2, 0.25) is 0 Å². The zero-order chi connectivity index (χ0) is 9.97. The minimum absolute atomic E-state index is 0.362. The molecule has 70 valence electrons. The van der Waals surface area contributed by atoms with Crippen molar-refractivity contribution in [1.82, 2.24) is 0 Å². The number of nitrogens with two attached hydrogens (primary N) is 1. The highest BCUT2D eigenvalue weighted by molar-refractivity contribution is 6.12. The number of carbonyl (C=O) groups is 1. The predicted molar refractivity (Wildman–Crippen MR) is 55.5 cm³/mol. The number of hydrogen-bond acceptors (Lipinski definition) is 3. The summed E-state index contributed by atoms with van der Waals surface area (Å²) in [5.74, 6) is -0.492. The van der Waals surface area contributed by atoms with Crippen LogP contribution in [0, 0.1) is 0 Å². The van der Waals surface area contributed by atoms with Crippen LogP contribution in [0.15, 0.2) is 41.0 Å². The van der Waals surface area contributed by atoms with Crippen LogP contribution in [0.1, 0.15) is 0 Å². The van der Waals surface area contributed by atoms with E-state index in [0.29, 0.717) is 5.57 Å². The fraction of sp³-hybridized carbons (Fsp3) is 0. The van der Waals surface area contributed by atoms with E-state index in [0.717, 1.165) is 11.4 Å². The standard InChI is InChI=1S/C10H9N3O/c11-10(14)7-5-12-8-3-1-2-4-9(8)13-6-7/h1-6,12H,(H2,11,14). The molecule has 1 aromatic carbocycles. The molecule has 0 aromatic heterocycles. The molecule has 2 rings (SSSR count). The summed E-state index contributed by atoms with van der Waals surface area (Å²) in [4.78, 5) is 15.0. The van der Waals surface area contributed by atoms with Crippen molar-refractivity contribution in [1.29, 1.82) is 0 Å². The van der Waals surface area contributed by atoms with Crippen molar-refractivity contribution in [3.8, 4) is 0 Å². The number of rotatable bonds is 1. The summed E-state index contributed by atoms with van der Waals surface area (Å²) in [5.41, 5.74) is 7.15. The van der Waals surface area contributed by atoms with E-state index in [2.05, 4.69) is 10.3 Å². The van der Waals surface area contributed by atoms with Crippen LogP contribution in [-0.4, -0.2) is 12.1 Å². The van der Waals surface area contributed by atoms with E-state index in [1.807, 2.05) is 24.3 Å². The molecule has 0 saturated heterocycles. The second-order valence-electron chi connectivity index (χ2n) is 2.88. The Morgan fingerprint density at radius 2 is 2.14 bits per heavy atom. The van der Waals surface area contributed by atoms with Gasteiger partial charge in [0.1, 0.15) is 0 Å². The Balaban J connectivity index is 2.41. The molecule has 1 heterocycles. The third-order valence-corrected chi connectivity index (χ3v) is 1.91. The number of nitrogens with one attached hydrogen (secondary N) is 1. The normalized spacial score (nSPS) is 13.6. The Labute approximate surface area is 81.1 Å². The molecule has 4 heteroatoms. The highest BCUT2D eigenvalue weighted by Gasteiger charge is 2.06. The van der Waals surface area contributed by atoms with Gasteiger partial charge in [-0.3, -0.25) is 9.79 Å². The molecule has 0 atom stereocenters. The highest BCUT2D eigenvalue weighted by Crippen LogP contribution is 2.25. The third-order valence-electron chi connectivity index (χ3n) is 1.91. The van der Waals surface area contributed by atoms with Crippen LogP contribution in [0.5, 0.6) is 0 Å². The first-order valence-electron chi connectivity index (χ1n) is 4.17. The van der Waals surface area contributed by atoms with Crippen LogP contribution < -0.4 is 11.1 Å². The van der Waals surface area contributed by atoms with E-state index in [9.17, 15) is 4.79 Å². The van der Waals surface area contributed by atoms with Gasteiger partial charge in [0.05, 0.1) is 16.9 Å². The molecule has 0 fully saturated rings. The van der Waals surface area contributed by atoms with E-state index < -0.39 is 5.91 Å². The van der Waals surface area contributed by atoms with Crippen LogP contribution >= 0.6 is 0 Å². The molecule has 0 spiro atoms. The average molecular weight is 187 g/mol. The summed E-state index contributed by atoms with van der Waals surface area (Å²) >= 11 is 0. The maximum atomic E-state index is 10.9. The molecule has 0 radical (unpaired) electrons. The van der Waals surface area contributed by atoms with Crippen LogP contribution in [0.2, 0.25) is 0 Å². The molecule has 0 unspecified atom stereocenters.